The van der Waals surface area contributed by atoms with Gasteiger partial charge in [0.2, 0.25) is 5.88 Å². The summed E-state index contributed by atoms with van der Waals surface area (Å²) >= 11 is 0. The van der Waals surface area contributed by atoms with E-state index in [0.29, 0.717) is 11.2 Å². The molecule has 1 saturated heterocycles. The molecule has 1 fully saturated rings. The maximum absolute atomic E-state index is 14.8. The highest BCUT2D eigenvalue weighted by Crippen LogP contribution is 2.34. The number of ether oxygens (including phenoxy) is 3. The van der Waals surface area contributed by atoms with Gasteiger partial charge < -0.3 is 24.8 Å². The second kappa shape index (κ2) is 9.32. The Balaban J connectivity index is 1.43. The number of anilines is 2. The Morgan fingerprint density at radius 1 is 1.38 bits per heavy atom. The van der Waals surface area contributed by atoms with Crippen molar-refractivity contribution in [1.29, 1.82) is 0 Å². The van der Waals surface area contributed by atoms with Crippen LogP contribution in [0.1, 0.15) is 25.6 Å². The number of nitrogens with one attached hydrogen (secondary N) is 3. The van der Waals surface area contributed by atoms with E-state index in [1.54, 1.807) is 13.8 Å². The average Bonchev–Trinajstić information content (AvgIpc) is 3.45. The van der Waals surface area contributed by atoms with Gasteiger partial charge in [-0.15, -0.1) is 5.10 Å². The van der Waals surface area contributed by atoms with E-state index in [0.717, 1.165) is 0 Å². The Bertz CT molecular complexity index is 1150. The van der Waals surface area contributed by atoms with Crippen LogP contribution in [0.3, 0.4) is 0 Å². The molecule has 0 bridgehead atoms. The van der Waals surface area contributed by atoms with Gasteiger partial charge in [0, 0.05) is 30.6 Å². The van der Waals surface area contributed by atoms with Crippen LogP contribution in [0.25, 0.3) is 5.52 Å². The minimum atomic E-state index is -4.50. The third-order valence-corrected chi connectivity index (χ3v) is 4.65. The topological polar surface area (TPSA) is 128 Å². The van der Waals surface area contributed by atoms with Gasteiger partial charge in [-0.1, -0.05) is 0 Å². The molecular formula is C19H21F4N7O4. The largest absolute Gasteiger partial charge is 0.467 e. The number of hydrogen-bond donors (Lipinski definition) is 3. The first-order valence-electron chi connectivity index (χ1n) is 10.2. The molecular weight excluding hydrogens is 466 g/mol. The fourth-order valence-electron chi connectivity index (χ4n) is 3.23. The van der Waals surface area contributed by atoms with Crippen molar-refractivity contribution < 1.29 is 36.6 Å². The third kappa shape index (κ3) is 5.47. The van der Waals surface area contributed by atoms with Gasteiger partial charge in [0.25, 0.3) is 0 Å². The van der Waals surface area contributed by atoms with Crippen LogP contribution in [-0.2, 0) is 9.47 Å². The smallest absolute Gasteiger partial charge is 0.422 e. The van der Waals surface area contributed by atoms with E-state index in [1.807, 2.05) is 0 Å². The van der Waals surface area contributed by atoms with Gasteiger partial charge in [0.15, 0.2) is 30.5 Å². The van der Waals surface area contributed by atoms with Gasteiger partial charge >= 0.3 is 12.3 Å². The van der Waals surface area contributed by atoms with Crippen LogP contribution in [0.15, 0.2) is 24.5 Å². The molecule has 11 nitrogen and oxygen atoms in total. The van der Waals surface area contributed by atoms with E-state index < -0.39 is 37.3 Å². The van der Waals surface area contributed by atoms with E-state index in [-0.39, 0.29) is 30.2 Å². The van der Waals surface area contributed by atoms with Gasteiger partial charge in [0.1, 0.15) is 11.6 Å². The number of aromatic amines is 1. The number of nitrogens with zero attached hydrogens (tertiary/aromatic N) is 4. The first kappa shape index (κ1) is 23.5. The molecule has 3 N–H and O–H groups in total. The molecule has 3 atom stereocenters. The summed E-state index contributed by atoms with van der Waals surface area (Å²) in [6.45, 7) is 1.88. The van der Waals surface area contributed by atoms with Crippen molar-refractivity contribution in [3.8, 4) is 5.88 Å². The third-order valence-electron chi connectivity index (χ3n) is 4.65. The number of alkyl carbamates (subject to hydrolysis) is 1. The molecule has 4 rings (SSSR count). The van der Waals surface area contributed by atoms with Gasteiger partial charge in [0.05, 0.1) is 12.3 Å². The quantitative estimate of drug-likeness (QED) is 0.434. The predicted molar refractivity (Wildman–Crippen MR) is 109 cm³/mol. The van der Waals surface area contributed by atoms with Crippen LogP contribution in [0.4, 0.5) is 34.0 Å². The zero-order chi connectivity index (χ0) is 24.5. The number of rotatable bonds is 7. The van der Waals surface area contributed by atoms with E-state index in [1.165, 1.54) is 29.0 Å². The lowest BCUT2D eigenvalue weighted by molar-refractivity contribution is -0.154. The fourth-order valence-corrected chi connectivity index (χ4v) is 3.23. The molecule has 34 heavy (non-hydrogen) atoms. The summed E-state index contributed by atoms with van der Waals surface area (Å²) in [7, 11) is 0. The Labute approximate surface area is 189 Å². The first-order chi connectivity index (χ1) is 16.1. The molecule has 15 heteroatoms. The molecule has 1 aliphatic rings. The molecule has 3 aromatic rings. The molecule has 0 aromatic carbocycles. The first-order valence-corrected chi connectivity index (χ1v) is 10.2. The standard InChI is InChI=1S/C19H21F4N7O4/c1-9(2)25-18(31)34-12-7-32-16(15(12)20)10-5-13(28-27-10)26-17-11-6-14(33-8-19(21,22)23)29-30(11)4-3-24-17/h3-6,9,12,15-16H,7-8H2,1-2H3,(H,25,31)(H2,24,26,27,28)/t12-,15-,16-/m0/s1. The molecule has 0 saturated carbocycles. The van der Waals surface area contributed by atoms with Crippen molar-refractivity contribution in [1.82, 2.24) is 30.1 Å². The number of carbonyl (C=O) groups is 1. The summed E-state index contributed by atoms with van der Waals surface area (Å²) in [6.07, 6.45) is -6.17. The van der Waals surface area contributed by atoms with Crippen LogP contribution in [0, 0.1) is 0 Å². The summed E-state index contributed by atoms with van der Waals surface area (Å²) < 4.78 is 68.5. The molecule has 0 radical (unpaired) electrons. The molecule has 4 heterocycles. The molecule has 184 valence electrons. The molecule has 1 aliphatic heterocycles. The minimum absolute atomic E-state index is 0.128. The lowest BCUT2D eigenvalue weighted by atomic mass is 10.1. The number of alkyl halides is 4. The Hall–Kier alpha value is -3.62. The van der Waals surface area contributed by atoms with Crippen molar-refractivity contribution >= 4 is 23.2 Å². The summed E-state index contributed by atoms with van der Waals surface area (Å²) in [5, 5.41) is 16.0. The normalized spacial score (nSPS) is 20.6. The molecule has 0 aliphatic carbocycles. The number of H-pyrrole nitrogens is 1. The predicted octanol–water partition coefficient (Wildman–Crippen LogP) is 3.05. The monoisotopic (exact) mass is 487 g/mol. The summed E-state index contributed by atoms with van der Waals surface area (Å²) in [5.74, 6) is 0.237. The number of carbonyl (C=O) groups excluding carboxylic acids is 1. The fraction of sp³-hybridized carbons (Fsp3) is 0.474. The van der Waals surface area contributed by atoms with Crippen LogP contribution >= 0.6 is 0 Å². The van der Waals surface area contributed by atoms with Crippen LogP contribution in [0.2, 0.25) is 0 Å². The van der Waals surface area contributed by atoms with Crippen LogP contribution in [-0.4, -0.2) is 68.6 Å². The second-order valence-corrected chi connectivity index (χ2v) is 7.77. The lowest BCUT2D eigenvalue weighted by Crippen LogP contribution is -2.36. The molecule has 1 amide bonds. The highest BCUT2D eigenvalue weighted by molar-refractivity contribution is 5.72. The maximum atomic E-state index is 14.8. The summed E-state index contributed by atoms with van der Waals surface area (Å²) in [5.41, 5.74) is 0.620. The van der Waals surface area contributed by atoms with Crippen LogP contribution in [0.5, 0.6) is 5.88 Å². The number of halogens is 4. The number of hydrogen-bond acceptors (Lipinski definition) is 8. The average molecular weight is 487 g/mol. The maximum Gasteiger partial charge on any atom is 0.422 e. The molecule has 0 unspecified atom stereocenters. The van der Waals surface area contributed by atoms with Gasteiger partial charge in [-0.25, -0.2) is 18.7 Å². The Kier molecular flexibility index (Phi) is 6.45. The summed E-state index contributed by atoms with van der Waals surface area (Å²) in [6, 6.07) is 2.61. The Morgan fingerprint density at radius 3 is 2.91 bits per heavy atom. The number of aromatic nitrogens is 5. The lowest BCUT2D eigenvalue weighted by Gasteiger charge is -2.16. The van der Waals surface area contributed by atoms with Crippen molar-refractivity contribution in [2.24, 2.45) is 0 Å². The van der Waals surface area contributed by atoms with Gasteiger partial charge in [-0.3, -0.25) is 5.10 Å². The number of fused-ring (bicyclic) bond motifs is 1. The minimum Gasteiger partial charge on any atom is -0.467 e. The van der Waals surface area contributed by atoms with E-state index in [9.17, 15) is 22.4 Å². The van der Waals surface area contributed by atoms with Crippen molar-refractivity contribution in [2.75, 3.05) is 18.5 Å². The molecule has 0 spiro atoms. The van der Waals surface area contributed by atoms with Gasteiger partial charge in [-0.2, -0.15) is 18.3 Å². The van der Waals surface area contributed by atoms with Crippen molar-refractivity contribution in [2.45, 2.75) is 44.4 Å². The van der Waals surface area contributed by atoms with E-state index in [4.69, 9.17) is 9.47 Å². The highest BCUT2D eigenvalue weighted by Gasteiger charge is 2.42. The van der Waals surface area contributed by atoms with Gasteiger partial charge in [-0.05, 0) is 13.8 Å². The van der Waals surface area contributed by atoms with E-state index >= 15 is 0 Å². The van der Waals surface area contributed by atoms with Crippen molar-refractivity contribution in [3.63, 3.8) is 0 Å². The second-order valence-electron chi connectivity index (χ2n) is 7.77. The van der Waals surface area contributed by atoms with Crippen LogP contribution < -0.4 is 15.4 Å². The SMILES string of the molecule is CC(C)NC(=O)O[C@H]1CO[C@@H](c2cc(Nc3nccn4nc(OCC(F)(F)F)cc34)n[nH]2)[C@H]1F. The van der Waals surface area contributed by atoms with E-state index in [2.05, 4.69) is 35.7 Å². The number of amides is 1. The zero-order valence-electron chi connectivity index (χ0n) is 18.0. The zero-order valence-corrected chi connectivity index (χ0v) is 18.0. The highest BCUT2D eigenvalue weighted by atomic mass is 19.4. The summed E-state index contributed by atoms with van der Waals surface area (Å²) in [4.78, 5) is 15.9. The Morgan fingerprint density at radius 2 is 2.18 bits per heavy atom. The molecule has 3 aromatic heterocycles. The van der Waals surface area contributed by atoms with Crippen molar-refractivity contribution in [3.05, 3.63) is 30.2 Å².